The Kier molecular flexibility index (Phi) is 4.80. The molecule has 0 bridgehead atoms. The van der Waals surface area contributed by atoms with E-state index in [4.69, 9.17) is 4.74 Å². The second-order valence-corrected chi connectivity index (χ2v) is 5.40. The molecule has 1 N–H and O–H groups in total. The Balaban J connectivity index is 1.63. The van der Waals surface area contributed by atoms with E-state index in [1.54, 1.807) is 0 Å². The van der Waals surface area contributed by atoms with Crippen LogP contribution in [0.1, 0.15) is 25.7 Å². The minimum atomic E-state index is 0.295. The lowest BCUT2D eigenvalue weighted by atomic mass is 10.0. The van der Waals surface area contributed by atoms with Gasteiger partial charge in [-0.1, -0.05) is 0 Å². The number of amides is 1. The maximum absolute atomic E-state index is 12.0. The molecule has 2 aliphatic heterocycles. The van der Waals surface area contributed by atoms with E-state index in [9.17, 15) is 4.79 Å². The Morgan fingerprint density at radius 3 is 2.94 bits per heavy atom. The van der Waals surface area contributed by atoms with Crippen LogP contribution in [0.5, 0.6) is 0 Å². The zero-order valence-electron chi connectivity index (χ0n) is 10.8. The molecule has 0 saturated carbocycles. The fourth-order valence-electron chi connectivity index (χ4n) is 2.70. The number of ether oxygens (including phenoxy) is 1. The Hall–Kier alpha value is -0.610. The Bertz CT molecular complexity index is 246. The molecule has 0 spiro atoms. The third-order valence-electron chi connectivity index (χ3n) is 3.91. The number of hydrogen-bond acceptors (Lipinski definition) is 3. The van der Waals surface area contributed by atoms with E-state index in [-0.39, 0.29) is 0 Å². The number of rotatable bonds is 5. The topological polar surface area (TPSA) is 41.6 Å². The molecule has 2 heterocycles. The van der Waals surface area contributed by atoms with Gasteiger partial charge in [-0.3, -0.25) is 4.79 Å². The van der Waals surface area contributed by atoms with Crippen LogP contribution in [0.2, 0.25) is 0 Å². The number of hydrogen-bond donors (Lipinski definition) is 1. The van der Waals surface area contributed by atoms with E-state index >= 15 is 0 Å². The van der Waals surface area contributed by atoms with Crippen LogP contribution in [-0.2, 0) is 9.53 Å². The molecule has 2 saturated heterocycles. The van der Waals surface area contributed by atoms with Crippen LogP contribution >= 0.6 is 0 Å². The van der Waals surface area contributed by atoms with Crippen molar-refractivity contribution in [2.75, 3.05) is 39.9 Å². The lowest BCUT2D eigenvalue weighted by Gasteiger charge is -2.21. The van der Waals surface area contributed by atoms with Crippen molar-refractivity contribution >= 4 is 5.91 Å². The smallest absolute Gasteiger partial charge is 0.222 e. The molecule has 1 amide bonds. The van der Waals surface area contributed by atoms with Gasteiger partial charge in [-0.2, -0.15) is 0 Å². The molecule has 0 aromatic heterocycles. The highest BCUT2D eigenvalue weighted by Gasteiger charge is 2.21. The summed E-state index contributed by atoms with van der Waals surface area (Å²) in [6.07, 6.45) is 4.07. The summed E-state index contributed by atoms with van der Waals surface area (Å²) in [4.78, 5) is 13.8. The molecule has 0 radical (unpaired) electrons. The molecule has 2 rings (SSSR count). The first kappa shape index (κ1) is 12.8. The van der Waals surface area contributed by atoms with Crippen molar-refractivity contribution in [2.45, 2.75) is 25.7 Å². The van der Waals surface area contributed by atoms with Crippen LogP contribution < -0.4 is 5.32 Å². The summed E-state index contributed by atoms with van der Waals surface area (Å²) in [5, 5.41) is 3.34. The van der Waals surface area contributed by atoms with Crippen molar-refractivity contribution in [1.82, 2.24) is 10.2 Å². The largest absolute Gasteiger partial charge is 0.381 e. The van der Waals surface area contributed by atoms with E-state index < -0.39 is 0 Å². The van der Waals surface area contributed by atoms with E-state index in [1.165, 1.54) is 6.42 Å². The maximum atomic E-state index is 12.0. The first-order valence-corrected chi connectivity index (χ1v) is 6.78. The number of carbonyl (C=O) groups is 1. The summed E-state index contributed by atoms with van der Waals surface area (Å²) >= 11 is 0. The number of nitrogens with zero attached hydrogens (tertiary/aromatic N) is 1. The van der Waals surface area contributed by atoms with Crippen molar-refractivity contribution < 1.29 is 9.53 Å². The summed E-state index contributed by atoms with van der Waals surface area (Å²) in [6.45, 7) is 4.76. The molecule has 2 atom stereocenters. The van der Waals surface area contributed by atoms with Gasteiger partial charge in [0.1, 0.15) is 0 Å². The predicted octanol–water partition coefficient (Wildman–Crippen LogP) is 0.871. The molecule has 4 nitrogen and oxygen atoms in total. The molecule has 2 unspecified atom stereocenters. The predicted molar refractivity (Wildman–Crippen MR) is 66.8 cm³/mol. The summed E-state index contributed by atoms with van der Waals surface area (Å²) in [7, 11) is 1.92. The Morgan fingerprint density at radius 1 is 1.41 bits per heavy atom. The summed E-state index contributed by atoms with van der Waals surface area (Å²) in [5.74, 6) is 1.56. The normalized spacial score (nSPS) is 28.5. The van der Waals surface area contributed by atoms with Crippen LogP contribution in [0.4, 0.5) is 0 Å². The van der Waals surface area contributed by atoms with Crippen molar-refractivity contribution in [2.24, 2.45) is 11.8 Å². The summed E-state index contributed by atoms with van der Waals surface area (Å²) in [5.41, 5.74) is 0. The fraction of sp³-hybridized carbons (Fsp3) is 0.923. The second-order valence-electron chi connectivity index (χ2n) is 5.40. The van der Waals surface area contributed by atoms with Crippen LogP contribution in [0.3, 0.4) is 0 Å². The standard InChI is InChI=1S/C13H24N2O2/c1-15(9-12-5-7-17-10-12)13(16)3-2-11-4-6-14-8-11/h11-12,14H,2-10H2,1H3. The maximum Gasteiger partial charge on any atom is 0.222 e. The SMILES string of the molecule is CN(CC1CCOC1)C(=O)CCC1CCNC1. The van der Waals surface area contributed by atoms with Crippen LogP contribution in [0, 0.1) is 11.8 Å². The number of carbonyl (C=O) groups excluding carboxylic acids is 1. The zero-order valence-corrected chi connectivity index (χ0v) is 10.8. The van der Waals surface area contributed by atoms with Gasteiger partial charge in [-0.25, -0.2) is 0 Å². The van der Waals surface area contributed by atoms with Gasteiger partial charge < -0.3 is 15.0 Å². The van der Waals surface area contributed by atoms with Gasteiger partial charge in [0.2, 0.25) is 5.91 Å². The first-order valence-electron chi connectivity index (χ1n) is 6.78. The molecule has 4 heteroatoms. The van der Waals surface area contributed by atoms with Crippen molar-refractivity contribution in [1.29, 1.82) is 0 Å². The second kappa shape index (κ2) is 6.36. The lowest BCUT2D eigenvalue weighted by molar-refractivity contribution is -0.130. The van der Waals surface area contributed by atoms with Gasteiger partial charge in [0.05, 0.1) is 6.61 Å². The van der Waals surface area contributed by atoms with Gasteiger partial charge in [-0.05, 0) is 38.3 Å². The third kappa shape index (κ3) is 3.96. The fourth-order valence-corrected chi connectivity index (χ4v) is 2.70. The first-order chi connectivity index (χ1) is 8.25. The van der Waals surface area contributed by atoms with Gasteiger partial charge >= 0.3 is 0 Å². The van der Waals surface area contributed by atoms with Crippen LogP contribution in [0.15, 0.2) is 0 Å². The molecule has 2 fully saturated rings. The van der Waals surface area contributed by atoms with Gasteiger partial charge in [0, 0.05) is 32.5 Å². The average molecular weight is 240 g/mol. The monoisotopic (exact) mass is 240 g/mol. The highest BCUT2D eigenvalue weighted by atomic mass is 16.5. The molecule has 0 aliphatic carbocycles. The molecular formula is C13H24N2O2. The number of nitrogens with one attached hydrogen (secondary N) is 1. The summed E-state index contributed by atoms with van der Waals surface area (Å²) < 4.78 is 5.33. The van der Waals surface area contributed by atoms with Gasteiger partial charge in [0.25, 0.3) is 0 Å². The molecule has 0 aromatic rings. The highest BCUT2D eigenvalue weighted by molar-refractivity contribution is 5.75. The minimum Gasteiger partial charge on any atom is -0.381 e. The minimum absolute atomic E-state index is 0.295. The Labute approximate surface area is 104 Å². The van der Waals surface area contributed by atoms with Crippen molar-refractivity contribution in [3.8, 4) is 0 Å². The third-order valence-corrected chi connectivity index (χ3v) is 3.91. The van der Waals surface area contributed by atoms with E-state index in [2.05, 4.69) is 5.32 Å². The Morgan fingerprint density at radius 2 is 2.29 bits per heavy atom. The lowest BCUT2D eigenvalue weighted by Crippen LogP contribution is -2.32. The van der Waals surface area contributed by atoms with E-state index in [1.807, 2.05) is 11.9 Å². The van der Waals surface area contributed by atoms with Crippen LogP contribution in [0.25, 0.3) is 0 Å². The van der Waals surface area contributed by atoms with E-state index in [0.29, 0.717) is 24.2 Å². The average Bonchev–Trinajstić information content (AvgIpc) is 2.98. The molecule has 17 heavy (non-hydrogen) atoms. The van der Waals surface area contributed by atoms with Crippen LogP contribution in [-0.4, -0.2) is 50.7 Å². The molecule has 2 aliphatic rings. The van der Waals surface area contributed by atoms with E-state index in [0.717, 1.165) is 45.7 Å². The highest BCUT2D eigenvalue weighted by Crippen LogP contribution is 2.17. The van der Waals surface area contributed by atoms with Gasteiger partial charge in [-0.15, -0.1) is 0 Å². The van der Waals surface area contributed by atoms with Crippen molar-refractivity contribution in [3.05, 3.63) is 0 Å². The van der Waals surface area contributed by atoms with Crippen molar-refractivity contribution in [3.63, 3.8) is 0 Å². The van der Waals surface area contributed by atoms with Gasteiger partial charge in [0.15, 0.2) is 0 Å². The quantitative estimate of drug-likeness (QED) is 0.775. The summed E-state index contributed by atoms with van der Waals surface area (Å²) in [6, 6.07) is 0. The molecular weight excluding hydrogens is 216 g/mol. The molecule has 98 valence electrons. The molecule has 0 aromatic carbocycles. The zero-order chi connectivity index (χ0) is 12.1.